The third-order valence-corrected chi connectivity index (χ3v) is 5.28. The van der Waals surface area contributed by atoms with Crippen molar-refractivity contribution in [1.29, 1.82) is 0 Å². The molecular weight excluding hydrogens is 332 g/mol. The van der Waals surface area contributed by atoms with Gasteiger partial charge in [0.05, 0.1) is 11.6 Å². The van der Waals surface area contributed by atoms with Gasteiger partial charge in [-0.3, -0.25) is 4.90 Å². The van der Waals surface area contributed by atoms with Crippen molar-refractivity contribution in [3.8, 4) is 0 Å². The second kappa shape index (κ2) is 10.3. The minimum absolute atomic E-state index is 0.413. The van der Waals surface area contributed by atoms with Crippen LogP contribution >= 0.6 is 11.9 Å². The van der Waals surface area contributed by atoms with Gasteiger partial charge >= 0.3 is 6.09 Å². The first kappa shape index (κ1) is 19.6. The molecule has 0 aromatic heterocycles. The molecule has 4 nitrogen and oxygen atoms in total. The van der Waals surface area contributed by atoms with E-state index in [0.29, 0.717) is 5.88 Å². The Labute approximate surface area is 154 Å². The van der Waals surface area contributed by atoms with Crippen LogP contribution in [0.5, 0.6) is 0 Å². The maximum atomic E-state index is 11.9. The highest BCUT2D eigenvalue weighted by Gasteiger charge is 2.18. The maximum absolute atomic E-state index is 11.9. The topological polar surface area (TPSA) is 43.8 Å². The van der Waals surface area contributed by atoms with Gasteiger partial charge in [0.1, 0.15) is 0 Å². The molecule has 0 saturated carbocycles. The number of hydrogen-bond acceptors (Lipinski definition) is 3. The van der Waals surface area contributed by atoms with E-state index in [1.165, 1.54) is 4.90 Å². The van der Waals surface area contributed by atoms with Crippen LogP contribution in [-0.2, 0) is 0 Å². The first-order chi connectivity index (χ1) is 12.2. The fraction of sp³-hybridized carbons (Fsp3) is 0.450. The molecule has 2 rings (SSSR count). The standard InChI is InChI=1S/C20H28N2O2S/c1-3-5-14-21(15-6-4-2)25-16-22(20(23)24)19-13-9-11-17-10-7-8-12-18(17)19/h7-13H,3-6,14-16H2,1-2H3,(H,23,24). The predicted octanol–water partition coefficient (Wildman–Crippen LogP) is 5.83. The minimum atomic E-state index is -0.908. The van der Waals surface area contributed by atoms with Crippen LogP contribution in [0.4, 0.5) is 10.5 Å². The Balaban J connectivity index is 2.15. The summed E-state index contributed by atoms with van der Waals surface area (Å²) in [5, 5.41) is 11.8. The number of benzene rings is 2. The molecule has 0 heterocycles. The number of anilines is 1. The molecule has 5 heteroatoms. The average molecular weight is 361 g/mol. The van der Waals surface area contributed by atoms with Crippen LogP contribution in [0.3, 0.4) is 0 Å². The number of carboxylic acid groups (broad SMARTS) is 1. The van der Waals surface area contributed by atoms with E-state index in [9.17, 15) is 9.90 Å². The zero-order chi connectivity index (χ0) is 18.1. The van der Waals surface area contributed by atoms with Crippen LogP contribution in [0, 0.1) is 0 Å². The van der Waals surface area contributed by atoms with Crippen molar-refractivity contribution in [3.05, 3.63) is 42.5 Å². The van der Waals surface area contributed by atoms with Gasteiger partial charge in [0.25, 0.3) is 0 Å². The summed E-state index contributed by atoms with van der Waals surface area (Å²) in [5.74, 6) is 0.413. The molecule has 136 valence electrons. The van der Waals surface area contributed by atoms with E-state index in [-0.39, 0.29) is 0 Å². The van der Waals surface area contributed by atoms with Gasteiger partial charge in [-0.1, -0.05) is 75.0 Å². The van der Waals surface area contributed by atoms with Crippen molar-refractivity contribution in [3.63, 3.8) is 0 Å². The van der Waals surface area contributed by atoms with Gasteiger partial charge in [-0.05, 0) is 24.3 Å². The first-order valence-corrected chi connectivity index (χ1v) is 9.97. The molecule has 0 spiro atoms. The largest absolute Gasteiger partial charge is 0.465 e. The number of unbranched alkanes of at least 4 members (excludes halogenated alkanes) is 2. The van der Waals surface area contributed by atoms with Gasteiger partial charge in [0.2, 0.25) is 0 Å². The molecule has 0 fully saturated rings. The number of nitrogens with zero attached hydrogens (tertiary/aromatic N) is 2. The second-order valence-corrected chi connectivity index (χ2v) is 7.14. The van der Waals surface area contributed by atoms with Crippen molar-refractivity contribution in [1.82, 2.24) is 4.31 Å². The van der Waals surface area contributed by atoms with Crippen molar-refractivity contribution >= 4 is 34.5 Å². The first-order valence-electron chi connectivity index (χ1n) is 9.03. The molecule has 0 saturated heterocycles. The summed E-state index contributed by atoms with van der Waals surface area (Å²) in [6.07, 6.45) is 3.66. The van der Waals surface area contributed by atoms with E-state index in [0.717, 1.165) is 55.2 Å². The molecular formula is C20H28N2O2S. The highest BCUT2D eigenvalue weighted by molar-refractivity contribution is 7.97. The monoisotopic (exact) mass is 360 g/mol. The summed E-state index contributed by atoms with van der Waals surface area (Å²) < 4.78 is 2.31. The zero-order valence-electron chi connectivity index (χ0n) is 15.1. The Morgan fingerprint density at radius 2 is 1.64 bits per heavy atom. The molecule has 0 aliphatic carbocycles. The molecule has 0 aliphatic rings. The van der Waals surface area contributed by atoms with E-state index >= 15 is 0 Å². The van der Waals surface area contributed by atoms with Crippen LogP contribution in [0.15, 0.2) is 42.5 Å². The molecule has 0 unspecified atom stereocenters. The number of carbonyl (C=O) groups is 1. The lowest BCUT2D eigenvalue weighted by Gasteiger charge is -2.26. The summed E-state index contributed by atoms with van der Waals surface area (Å²) in [7, 11) is 0. The fourth-order valence-corrected chi connectivity index (χ4v) is 3.77. The lowest BCUT2D eigenvalue weighted by molar-refractivity contribution is 0.203. The Morgan fingerprint density at radius 3 is 2.28 bits per heavy atom. The van der Waals surface area contributed by atoms with Gasteiger partial charge in [-0.25, -0.2) is 9.10 Å². The SMILES string of the molecule is CCCCN(CCCC)SCN(C(=O)O)c1cccc2ccccc12. The van der Waals surface area contributed by atoms with E-state index in [4.69, 9.17) is 0 Å². The molecule has 2 aromatic carbocycles. The Bertz CT molecular complexity index is 664. The quantitative estimate of drug-likeness (QED) is 0.427. The Kier molecular flexibility index (Phi) is 8.09. The number of amides is 1. The van der Waals surface area contributed by atoms with E-state index in [1.54, 1.807) is 11.9 Å². The Hall–Kier alpha value is -1.72. The molecule has 0 aliphatic heterocycles. The highest BCUT2D eigenvalue weighted by atomic mass is 32.2. The summed E-state index contributed by atoms with van der Waals surface area (Å²) in [6, 6.07) is 13.7. The molecule has 0 radical (unpaired) electrons. The smallest absolute Gasteiger partial charge is 0.412 e. The average Bonchev–Trinajstić information content (AvgIpc) is 2.63. The van der Waals surface area contributed by atoms with Gasteiger partial charge in [-0.15, -0.1) is 0 Å². The van der Waals surface area contributed by atoms with Crippen molar-refractivity contribution < 1.29 is 9.90 Å². The van der Waals surface area contributed by atoms with Crippen LogP contribution in [0.1, 0.15) is 39.5 Å². The van der Waals surface area contributed by atoms with Crippen LogP contribution in [-0.4, -0.2) is 34.5 Å². The molecule has 1 N–H and O–H groups in total. The zero-order valence-corrected chi connectivity index (χ0v) is 16.0. The normalized spacial score (nSPS) is 11.2. The van der Waals surface area contributed by atoms with Crippen LogP contribution < -0.4 is 4.90 Å². The van der Waals surface area contributed by atoms with E-state index < -0.39 is 6.09 Å². The van der Waals surface area contributed by atoms with Crippen LogP contribution in [0.2, 0.25) is 0 Å². The summed E-state index contributed by atoms with van der Waals surface area (Å²) >= 11 is 1.62. The minimum Gasteiger partial charge on any atom is -0.465 e. The fourth-order valence-electron chi connectivity index (χ4n) is 2.72. The lowest BCUT2D eigenvalue weighted by Crippen LogP contribution is -2.32. The van der Waals surface area contributed by atoms with Crippen molar-refractivity contribution in [2.75, 3.05) is 23.9 Å². The molecule has 0 atom stereocenters. The second-order valence-electron chi connectivity index (χ2n) is 6.10. The van der Waals surface area contributed by atoms with E-state index in [2.05, 4.69) is 18.2 Å². The molecule has 2 aromatic rings. The maximum Gasteiger partial charge on any atom is 0.412 e. The number of fused-ring (bicyclic) bond motifs is 1. The van der Waals surface area contributed by atoms with Crippen molar-refractivity contribution in [2.24, 2.45) is 0 Å². The number of rotatable bonds is 10. The highest BCUT2D eigenvalue weighted by Crippen LogP contribution is 2.28. The van der Waals surface area contributed by atoms with Gasteiger partial charge < -0.3 is 5.11 Å². The van der Waals surface area contributed by atoms with Crippen LogP contribution in [0.25, 0.3) is 10.8 Å². The molecule has 0 bridgehead atoms. The van der Waals surface area contributed by atoms with Gasteiger partial charge in [0, 0.05) is 18.5 Å². The Morgan fingerprint density at radius 1 is 1.00 bits per heavy atom. The lowest BCUT2D eigenvalue weighted by atomic mass is 10.1. The van der Waals surface area contributed by atoms with Gasteiger partial charge in [-0.2, -0.15) is 0 Å². The third-order valence-electron chi connectivity index (χ3n) is 4.18. The predicted molar refractivity (Wildman–Crippen MR) is 108 cm³/mol. The summed E-state index contributed by atoms with van der Waals surface area (Å²) in [4.78, 5) is 13.3. The van der Waals surface area contributed by atoms with Crippen molar-refractivity contribution in [2.45, 2.75) is 39.5 Å². The van der Waals surface area contributed by atoms with E-state index in [1.807, 2.05) is 42.5 Å². The summed E-state index contributed by atoms with van der Waals surface area (Å²) in [5.41, 5.74) is 0.754. The third kappa shape index (κ3) is 5.65. The molecule has 25 heavy (non-hydrogen) atoms. The summed E-state index contributed by atoms with van der Waals surface area (Å²) in [6.45, 7) is 6.37. The molecule has 1 amide bonds. The van der Waals surface area contributed by atoms with Gasteiger partial charge in [0.15, 0.2) is 0 Å². The number of hydrogen-bond donors (Lipinski definition) is 1.